The van der Waals surface area contributed by atoms with Crippen molar-refractivity contribution in [1.29, 1.82) is 0 Å². The van der Waals surface area contributed by atoms with Crippen molar-refractivity contribution >= 4 is 15.6 Å². The van der Waals surface area contributed by atoms with E-state index in [9.17, 15) is 13.2 Å². The molecule has 0 aromatic carbocycles. The second kappa shape index (κ2) is 6.15. The Balaban J connectivity index is 2.75. The van der Waals surface area contributed by atoms with Crippen LogP contribution in [-0.4, -0.2) is 32.3 Å². The first kappa shape index (κ1) is 15.6. The summed E-state index contributed by atoms with van der Waals surface area (Å²) >= 11 is 0. The molecule has 4 nitrogen and oxygen atoms in total. The van der Waals surface area contributed by atoms with Gasteiger partial charge in [0.15, 0.2) is 0 Å². The van der Waals surface area contributed by atoms with Gasteiger partial charge in [0, 0.05) is 24.6 Å². The van der Waals surface area contributed by atoms with Gasteiger partial charge in [0.1, 0.15) is 15.6 Å². The van der Waals surface area contributed by atoms with Gasteiger partial charge in [-0.1, -0.05) is 20.3 Å². The molecule has 1 aliphatic carbocycles. The second-order valence-electron chi connectivity index (χ2n) is 5.80. The van der Waals surface area contributed by atoms with E-state index < -0.39 is 9.84 Å². The van der Waals surface area contributed by atoms with E-state index in [2.05, 4.69) is 0 Å². The predicted molar refractivity (Wildman–Crippen MR) is 73.0 cm³/mol. The minimum absolute atomic E-state index is 0.116. The maximum absolute atomic E-state index is 12.4. The van der Waals surface area contributed by atoms with E-state index >= 15 is 0 Å². The van der Waals surface area contributed by atoms with Crippen molar-refractivity contribution in [3.05, 3.63) is 0 Å². The van der Waals surface area contributed by atoms with Crippen molar-refractivity contribution in [2.75, 3.05) is 12.8 Å². The van der Waals surface area contributed by atoms with Gasteiger partial charge >= 0.3 is 0 Å². The topological polar surface area (TPSA) is 77.2 Å². The van der Waals surface area contributed by atoms with Crippen molar-refractivity contribution in [3.8, 4) is 0 Å². The largest absolute Gasteiger partial charge is 0.330 e. The summed E-state index contributed by atoms with van der Waals surface area (Å²) in [5, 5.41) is -0.342. The molecule has 1 fully saturated rings. The lowest BCUT2D eigenvalue weighted by Crippen LogP contribution is -2.38. The molecule has 0 bridgehead atoms. The van der Waals surface area contributed by atoms with Gasteiger partial charge in [-0.3, -0.25) is 4.79 Å². The Morgan fingerprint density at radius 2 is 1.94 bits per heavy atom. The lowest BCUT2D eigenvalue weighted by Gasteiger charge is -2.30. The van der Waals surface area contributed by atoms with Crippen molar-refractivity contribution in [1.82, 2.24) is 0 Å². The van der Waals surface area contributed by atoms with Crippen molar-refractivity contribution in [2.45, 2.75) is 44.8 Å². The molecule has 18 heavy (non-hydrogen) atoms. The first-order valence-corrected chi connectivity index (χ1v) is 8.65. The number of sulfone groups is 1. The van der Waals surface area contributed by atoms with Crippen LogP contribution in [0.15, 0.2) is 0 Å². The summed E-state index contributed by atoms with van der Waals surface area (Å²) in [6.45, 7) is 4.34. The van der Waals surface area contributed by atoms with Crippen LogP contribution < -0.4 is 5.73 Å². The lowest BCUT2D eigenvalue weighted by molar-refractivity contribution is -0.128. The van der Waals surface area contributed by atoms with E-state index in [1.807, 2.05) is 13.8 Å². The maximum Gasteiger partial charge on any atom is 0.150 e. The quantitative estimate of drug-likeness (QED) is 0.822. The highest BCUT2D eigenvalue weighted by molar-refractivity contribution is 7.91. The number of ketones is 1. The van der Waals surface area contributed by atoms with E-state index in [1.54, 1.807) is 0 Å². The normalized spacial score (nSPS) is 27.2. The van der Waals surface area contributed by atoms with Gasteiger partial charge in [-0.05, 0) is 25.2 Å². The number of carbonyl (C=O) groups excluding carboxylic acids is 1. The van der Waals surface area contributed by atoms with Crippen LogP contribution >= 0.6 is 0 Å². The van der Waals surface area contributed by atoms with E-state index in [0.717, 1.165) is 12.8 Å². The number of hydrogen-bond acceptors (Lipinski definition) is 4. The standard InChI is InChI=1S/C13H25NO3S/c1-9(2)12(8-14)13(15)10-5-4-6-11(7-10)18(3,16)17/h9-12H,4-8,14H2,1-3H3. The van der Waals surface area contributed by atoms with Crippen molar-refractivity contribution < 1.29 is 13.2 Å². The molecule has 1 saturated carbocycles. The molecule has 0 aromatic rings. The first-order valence-electron chi connectivity index (χ1n) is 6.70. The monoisotopic (exact) mass is 275 g/mol. The summed E-state index contributed by atoms with van der Waals surface area (Å²) in [6, 6.07) is 0. The van der Waals surface area contributed by atoms with E-state index in [1.165, 1.54) is 6.26 Å². The molecule has 5 heteroatoms. The SMILES string of the molecule is CC(C)C(CN)C(=O)C1CCCC(S(C)(=O)=O)C1. The molecule has 106 valence electrons. The highest BCUT2D eigenvalue weighted by Crippen LogP contribution is 2.31. The summed E-state index contributed by atoms with van der Waals surface area (Å²) in [4.78, 5) is 12.4. The zero-order chi connectivity index (χ0) is 13.9. The number of hydrogen-bond donors (Lipinski definition) is 1. The Morgan fingerprint density at radius 3 is 2.39 bits per heavy atom. The Hall–Kier alpha value is -0.420. The van der Waals surface area contributed by atoms with Gasteiger partial charge in [-0.15, -0.1) is 0 Å². The first-order chi connectivity index (χ1) is 8.27. The zero-order valence-electron chi connectivity index (χ0n) is 11.6. The molecule has 1 aliphatic rings. The van der Waals surface area contributed by atoms with Crippen LogP contribution in [0.1, 0.15) is 39.5 Å². The van der Waals surface area contributed by atoms with Crippen molar-refractivity contribution in [2.24, 2.45) is 23.5 Å². The van der Waals surface area contributed by atoms with E-state index in [4.69, 9.17) is 5.73 Å². The summed E-state index contributed by atoms with van der Waals surface area (Å²) in [6.07, 6.45) is 4.09. The molecule has 3 atom stereocenters. The van der Waals surface area contributed by atoms with Crippen LogP contribution in [0.25, 0.3) is 0 Å². The molecule has 0 saturated heterocycles. The minimum Gasteiger partial charge on any atom is -0.330 e. The van der Waals surface area contributed by atoms with Crippen LogP contribution in [0.4, 0.5) is 0 Å². The maximum atomic E-state index is 12.4. The van der Waals surface area contributed by atoms with Crippen LogP contribution in [-0.2, 0) is 14.6 Å². The molecule has 0 aromatic heterocycles. The fourth-order valence-electron chi connectivity index (χ4n) is 2.81. The Labute approximate surface area is 110 Å². The molecule has 2 N–H and O–H groups in total. The van der Waals surface area contributed by atoms with Crippen LogP contribution in [0.2, 0.25) is 0 Å². The van der Waals surface area contributed by atoms with Gasteiger partial charge in [-0.2, -0.15) is 0 Å². The molecule has 0 amide bonds. The lowest BCUT2D eigenvalue weighted by atomic mass is 9.78. The van der Waals surface area contributed by atoms with E-state index in [0.29, 0.717) is 19.4 Å². The smallest absolute Gasteiger partial charge is 0.150 e. The Bertz CT molecular complexity index is 389. The fraction of sp³-hybridized carbons (Fsp3) is 0.923. The number of nitrogens with two attached hydrogens (primary N) is 1. The summed E-state index contributed by atoms with van der Waals surface area (Å²) in [5.41, 5.74) is 5.66. The molecule has 0 radical (unpaired) electrons. The van der Waals surface area contributed by atoms with Gasteiger partial charge in [0.25, 0.3) is 0 Å². The molecule has 1 rings (SSSR count). The molecule has 0 aliphatic heterocycles. The molecule has 0 heterocycles. The van der Waals surface area contributed by atoms with E-state index in [-0.39, 0.29) is 28.8 Å². The van der Waals surface area contributed by atoms with Crippen molar-refractivity contribution in [3.63, 3.8) is 0 Å². The Morgan fingerprint density at radius 1 is 1.33 bits per heavy atom. The summed E-state index contributed by atoms with van der Waals surface area (Å²) < 4.78 is 23.2. The molecular weight excluding hydrogens is 250 g/mol. The van der Waals surface area contributed by atoms with Crippen LogP contribution in [0, 0.1) is 17.8 Å². The van der Waals surface area contributed by atoms with Gasteiger partial charge in [-0.25, -0.2) is 8.42 Å². The average Bonchev–Trinajstić information content (AvgIpc) is 2.28. The zero-order valence-corrected chi connectivity index (χ0v) is 12.4. The third-order valence-electron chi connectivity index (χ3n) is 4.06. The highest BCUT2D eigenvalue weighted by atomic mass is 32.2. The molecule has 3 unspecified atom stereocenters. The third kappa shape index (κ3) is 3.79. The fourth-order valence-corrected chi connectivity index (χ4v) is 3.99. The average molecular weight is 275 g/mol. The summed E-state index contributed by atoms with van der Waals surface area (Å²) in [5.74, 6) is 0.143. The van der Waals surface area contributed by atoms with Crippen LogP contribution in [0.5, 0.6) is 0 Å². The summed E-state index contributed by atoms with van der Waals surface area (Å²) in [7, 11) is -3.03. The van der Waals surface area contributed by atoms with Gasteiger partial charge < -0.3 is 5.73 Å². The van der Waals surface area contributed by atoms with Crippen LogP contribution in [0.3, 0.4) is 0 Å². The second-order valence-corrected chi connectivity index (χ2v) is 8.13. The molecule has 0 spiro atoms. The number of Topliss-reactive ketones (excluding diaryl/α,β-unsaturated/α-hetero) is 1. The Kier molecular flexibility index (Phi) is 5.34. The molecular formula is C13H25NO3S. The van der Waals surface area contributed by atoms with Gasteiger partial charge in [0.2, 0.25) is 0 Å². The third-order valence-corrected chi connectivity index (χ3v) is 5.70. The minimum atomic E-state index is -3.03. The highest BCUT2D eigenvalue weighted by Gasteiger charge is 2.35. The predicted octanol–water partition coefficient (Wildman–Crippen LogP) is 1.39. The number of rotatable bonds is 5. The van der Waals surface area contributed by atoms with Gasteiger partial charge in [0.05, 0.1) is 5.25 Å². The number of carbonyl (C=O) groups is 1.